The van der Waals surface area contributed by atoms with Crippen LogP contribution in [0.3, 0.4) is 0 Å². The molecule has 0 saturated carbocycles. The maximum Gasteiger partial charge on any atom is 0.119 e. The van der Waals surface area contributed by atoms with Crippen LogP contribution in [0, 0.1) is 13.8 Å². The number of rotatable bonds is 9. The van der Waals surface area contributed by atoms with Gasteiger partial charge in [0.1, 0.15) is 5.75 Å². The maximum atomic E-state index is 10.9. The highest BCUT2D eigenvalue weighted by molar-refractivity contribution is 7.48. The molecule has 1 atom stereocenters. The van der Waals surface area contributed by atoms with Gasteiger partial charge in [0.15, 0.2) is 0 Å². The molecule has 1 N–H and O–H groups in total. The summed E-state index contributed by atoms with van der Waals surface area (Å²) in [5, 5.41) is 12.1. The quantitative estimate of drug-likeness (QED) is 0.243. The summed E-state index contributed by atoms with van der Waals surface area (Å²) in [5.74, 6) is 0.413. The minimum Gasteiger partial charge on any atom is -0.508 e. The van der Waals surface area contributed by atoms with Crippen molar-refractivity contribution in [1.29, 1.82) is 0 Å². The van der Waals surface area contributed by atoms with E-state index in [0.717, 1.165) is 24.9 Å². The minimum atomic E-state index is -0.0928. The van der Waals surface area contributed by atoms with Crippen molar-refractivity contribution in [2.75, 3.05) is 4.90 Å². The molecule has 0 heterocycles. The number of aryl methyl sites for hydroxylation is 2. The van der Waals surface area contributed by atoms with Crippen molar-refractivity contribution >= 4 is 25.3 Å². The van der Waals surface area contributed by atoms with Crippen LogP contribution in [-0.4, -0.2) is 5.11 Å². The Morgan fingerprint density at radius 1 is 0.714 bits per heavy atom. The molecule has 0 saturated heterocycles. The molecule has 3 heteroatoms. The molecule has 0 fully saturated rings. The third-order valence-electron chi connectivity index (χ3n) is 6.97. The minimum absolute atomic E-state index is 0.0928. The third-order valence-corrected chi connectivity index (χ3v) is 9.19. The molecule has 0 aliphatic carbocycles. The molecule has 0 aliphatic heterocycles. The summed E-state index contributed by atoms with van der Waals surface area (Å²) in [4.78, 5) is 2.40. The number of phenolic OH excluding ortho intramolecular Hbond substituents is 1. The van der Waals surface area contributed by atoms with Crippen molar-refractivity contribution in [1.82, 2.24) is 0 Å². The molecule has 0 radical (unpaired) electrons. The number of anilines is 2. The molecule has 4 rings (SSSR count). The smallest absolute Gasteiger partial charge is 0.119 e. The molecule has 35 heavy (non-hydrogen) atoms. The fourth-order valence-corrected chi connectivity index (χ4v) is 6.54. The first-order chi connectivity index (χ1) is 17.0. The van der Waals surface area contributed by atoms with Gasteiger partial charge in [0.25, 0.3) is 0 Å². The van der Waals surface area contributed by atoms with E-state index >= 15 is 0 Å². The summed E-state index contributed by atoms with van der Waals surface area (Å²) in [6, 6.07) is 34.2. The lowest BCUT2D eigenvalue weighted by molar-refractivity contribution is 0.448. The Kier molecular flexibility index (Phi) is 7.93. The van der Waals surface area contributed by atoms with Crippen LogP contribution >= 0.6 is 8.58 Å². The van der Waals surface area contributed by atoms with E-state index in [-0.39, 0.29) is 5.16 Å². The average molecular weight is 482 g/mol. The summed E-state index contributed by atoms with van der Waals surface area (Å²) in [6.07, 6.45) is 1.96. The Labute approximate surface area is 212 Å². The van der Waals surface area contributed by atoms with Gasteiger partial charge in [-0.15, -0.1) is 0 Å². The number of benzene rings is 4. The molecule has 1 unspecified atom stereocenters. The molecule has 180 valence electrons. The topological polar surface area (TPSA) is 23.5 Å². The third kappa shape index (κ3) is 5.60. The van der Waals surface area contributed by atoms with Crippen molar-refractivity contribution in [2.45, 2.75) is 52.2 Å². The summed E-state index contributed by atoms with van der Waals surface area (Å²) in [6.45, 7) is 9.59. The van der Waals surface area contributed by atoms with Gasteiger partial charge in [-0.25, -0.2) is 0 Å². The van der Waals surface area contributed by atoms with E-state index in [1.807, 2.05) is 12.1 Å². The highest BCUT2D eigenvalue weighted by Crippen LogP contribution is 2.50. The van der Waals surface area contributed by atoms with Gasteiger partial charge in [-0.2, -0.15) is 0 Å². The second-order valence-corrected chi connectivity index (χ2v) is 11.1. The van der Waals surface area contributed by atoms with Crippen LogP contribution < -0.4 is 10.2 Å². The average Bonchev–Trinajstić information content (AvgIpc) is 2.89. The fraction of sp³-hybridized carbons (Fsp3) is 0.250. The molecular weight excluding hydrogens is 445 g/mol. The fourth-order valence-electron chi connectivity index (χ4n) is 4.86. The first-order valence-electron chi connectivity index (χ1n) is 12.5. The van der Waals surface area contributed by atoms with Crippen LogP contribution in [0.25, 0.3) is 0 Å². The lowest BCUT2D eigenvalue weighted by Crippen LogP contribution is -2.25. The standard InChI is InChI=1S/C32H36NOP/c1-5-32(6-2,29-22-25(4)17-19-30(29)34)35-31-20-18-24(3)21-26(31)23-33(27-13-9-7-10-14-27)28-15-11-8-12-16-28/h7-22,34-35H,5-6,23H2,1-4H3. The molecular formula is C32H36NOP. The van der Waals surface area contributed by atoms with E-state index in [2.05, 4.69) is 118 Å². The molecule has 4 aromatic rings. The van der Waals surface area contributed by atoms with Crippen molar-refractivity contribution in [3.8, 4) is 5.75 Å². The SMILES string of the molecule is CCC(CC)(Pc1ccc(C)cc1CN(c1ccccc1)c1ccccc1)c1cc(C)ccc1O. The predicted molar refractivity (Wildman–Crippen MR) is 153 cm³/mol. The second kappa shape index (κ2) is 11.1. The van der Waals surface area contributed by atoms with Crippen LogP contribution in [0.5, 0.6) is 5.75 Å². The van der Waals surface area contributed by atoms with Crippen LogP contribution in [-0.2, 0) is 11.7 Å². The normalized spacial score (nSPS) is 11.8. The number of hydrogen-bond acceptors (Lipinski definition) is 2. The van der Waals surface area contributed by atoms with Crippen molar-refractivity contribution < 1.29 is 5.11 Å². The number of hydrogen-bond donors (Lipinski definition) is 1. The van der Waals surface area contributed by atoms with Crippen LogP contribution in [0.15, 0.2) is 97.1 Å². The Balaban J connectivity index is 1.78. The van der Waals surface area contributed by atoms with E-state index in [4.69, 9.17) is 0 Å². The van der Waals surface area contributed by atoms with E-state index in [1.165, 1.54) is 33.4 Å². The van der Waals surface area contributed by atoms with Gasteiger partial charge in [0, 0.05) is 28.6 Å². The first-order valence-corrected chi connectivity index (χ1v) is 13.5. The number of nitrogens with zero attached hydrogens (tertiary/aromatic N) is 1. The predicted octanol–water partition coefficient (Wildman–Crippen LogP) is 8.37. The first kappa shape index (κ1) is 25.0. The second-order valence-electron chi connectivity index (χ2n) is 9.35. The molecule has 0 spiro atoms. The summed E-state index contributed by atoms with van der Waals surface area (Å²) < 4.78 is 0. The van der Waals surface area contributed by atoms with E-state index < -0.39 is 0 Å². The highest BCUT2D eigenvalue weighted by Gasteiger charge is 2.32. The van der Waals surface area contributed by atoms with Gasteiger partial charge in [0.2, 0.25) is 0 Å². The Bertz CT molecular complexity index is 1210. The van der Waals surface area contributed by atoms with E-state index in [1.54, 1.807) is 0 Å². The molecule has 0 aliphatic rings. The lowest BCUT2D eigenvalue weighted by atomic mass is 9.91. The summed E-state index contributed by atoms with van der Waals surface area (Å²) in [7, 11) is 0.559. The number of phenols is 1. The van der Waals surface area contributed by atoms with Gasteiger partial charge >= 0.3 is 0 Å². The summed E-state index contributed by atoms with van der Waals surface area (Å²) >= 11 is 0. The van der Waals surface area contributed by atoms with Crippen LogP contribution in [0.4, 0.5) is 11.4 Å². The number of para-hydroxylation sites is 2. The molecule has 0 amide bonds. The van der Waals surface area contributed by atoms with Crippen LogP contribution in [0.2, 0.25) is 0 Å². The zero-order chi connectivity index (χ0) is 24.8. The van der Waals surface area contributed by atoms with Gasteiger partial charge in [-0.3, -0.25) is 0 Å². The van der Waals surface area contributed by atoms with Crippen LogP contribution in [0.1, 0.15) is 48.9 Å². The zero-order valence-corrected chi connectivity index (χ0v) is 22.3. The van der Waals surface area contributed by atoms with Crippen molar-refractivity contribution in [3.05, 3.63) is 119 Å². The van der Waals surface area contributed by atoms with Gasteiger partial charge in [-0.1, -0.05) is 100 Å². The monoisotopic (exact) mass is 481 g/mol. The Hall–Kier alpha value is -3.09. The van der Waals surface area contributed by atoms with Crippen molar-refractivity contribution in [3.63, 3.8) is 0 Å². The van der Waals surface area contributed by atoms with E-state index in [0.29, 0.717) is 14.3 Å². The molecule has 0 bridgehead atoms. The van der Waals surface area contributed by atoms with Gasteiger partial charge < -0.3 is 10.0 Å². The van der Waals surface area contributed by atoms with Crippen molar-refractivity contribution in [2.24, 2.45) is 0 Å². The van der Waals surface area contributed by atoms with E-state index in [9.17, 15) is 5.11 Å². The van der Waals surface area contributed by atoms with Gasteiger partial charge in [0.05, 0.1) is 0 Å². The molecule has 0 aromatic heterocycles. The number of aromatic hydroxyl groups is 1. The maximum absolute atomic E-state index is 10.9. The van der Waals surface area contributed by atoms with Gasteiger partial charge in [-0.05, 0) is 67.9 Å². The lowest BCUT2D eigenvalue weighted by Gasteiger charge is -2.35. The summed E-state index contributed by atoms with van der Waals surface area (Å²) in [5.41, 5.74) is 7.25. The largest absolute Gasteiger partial charge is 0.508 e. The Morgan fingerprint density at radius 2 is 1.26 bits per heavy atom. The zero-order valence-electron chi connectivity index (χ0n) is 21.3. The highest BCUT2D eigenvalue weighted by atomic mass is 31.1. The Morgan fingerprint density at radius 3 is 1.83 bits per heavy atom. The molecule has 4 aromatic carbocycles. The molecule has 2 nitrogen and oxygen atoms in total.